The lowest BCUT2D eigenvalue weighted by Gasteiger charge is -2.22. The summed E-state index contributed by atoms with van der Waals surface area (Å²) in [6.45, 7) is 1.18. The van der Waals surface area contributed by atoms with Crippen molar-refractivity contribution in [2.24, 2.45) is 0 Å². The molecule has 3 rings (SSSR count). The highest BCUT2D eigenvalue weighted by molar-refractivity contribution is 6.31. The minimum absolute atomic E-state index is 0.355. The van der Waals surface area contributed by atoms with E-state index in [2.05, 4.69) is 10.6 Å². The van der Waals surface area contributed by atoms with Gasteiger partial charge in [-0.1, -0.05) is 41.9 Å². The summed E-state index contributed by atoms with van der Waals surface area (Å²) < 4.78 is 5.17. The third kappa shape index (κ3) is 3.59. The Morgan fingerprint density at radius 2 is 1.93 bits per heavy atom. The fraction of sp³-hybridized carbons (Fsp3) is 0.211. The number of anilines is 1. The number of methoxy groups -OCH3 is 1. The van der Waals surface area contributed by atoms with Gasteiger partial charge in [-0.05, 0) is 30.7 Å². The van der Waals surface area contributed by atoms with Crippen LogP contribution in [0.1, 0.15) is 12.5 Å². The molecular weight excluding hydrogens is 370 g/mol. The highest BCUT2D eigenvalue weighted by atomic mass is 35.5. The van der Waals surface area contributed by atoms with Crippen molar-refractivity contribution in [2.75, 3.05) is 19.0 Å². The largest absolute Gasteiger partial charge is 0.495 e. The first-order valence-corrected chi connectivity index (χ1v) is 8.56. The number of hydrogen-bond acceptors (Lipinski definition) is 4. The van der Waals surface area contributed by atoms with Gasteiger partial charge in [0.25, 0.3) is 5.91 Å². The van der Waals surface area contributed by atoms with Crippen molar-refractivity contribution in [2.45, 2.75) is 12.5 Å². The SMILES string of the molecule is COc1ccc(Cl)cc1NC(=O)CN1C(=O)N[C@@](C)(c2ccccc2)C1=O. The first kappa shape index (κ1) is 18.7. The maximum atomic E-state index is 12.8. The van der Waals surface area contributed by atoms with Crippen molar-refractivity contribution in [1.29, 1.82) is 0 Å². The van der Waals surface area contributed by atoms with Gasteiger partial charge >= 0.3 is 6.03 Å². The smallest absolute Gasteiger partial charge is 0.325 e. The van der Waals surface area contributed by atoms with Crippen molar-refractivity contribution < 1.29 is 19.1 Å². The highest BCUT2D eigenvalue weighted by Crippen LogP contribution is 2.30. The minimum atomic E-state index is -1.22. The van der Waals surface area contributed by atoms with Gasteiger partial charge in [-0.25, -0.2) is 4.79 Å². The topological polar surface area (TPSA) is 87.7 Å². The van der Waals surface area contributed by atoms with Crippen LogP contribution in [-0.4, -0.2) is 36.4 Å². The summed E-state index contributed by atoms with van der Waals surface area (Å²) in [7, 11) is 1.46. The summed E-state index contributed by atoms with van der Waals surface area (Å²) in [5, 5.41) is 5.69. The Morgan fingerprint density at radius 1 is 1.22 bits per heavy atom. The second-order valence-corrected chi connectivity index (χ2v) is 6.64. The number of amides is 4. The first-order chi connectivity index (χ1) is 12.8. The quantitative estimate of drug-likeness (QED) is 0.772. The number of nitrogens with zero attached hydrogens (tertiary/aromatic N) is 1. The third-order valence-electron chi connectivity index (χ3n) is 4.36. The Labute approximate surface area is 161 Å². The van der Waals surface area contributed by atoms with E-state index in [4.69, 9.17) is 16.3 Å². The lowest BCUT2D eigenvalue weighted by Crippen LogP contribution is -2.42. The Kier molecular flexibility index (Phi) is 5.05. The van der Waals surface area contributed by atoms with Crippen molar-refractivity contribution in [3.63, 3.8) is 0 Å². The molecule has 0 saturated carbocycles. The molecule has 2 aromatic carbocycles. The third-order valence-corrected chi connectivity index (χ3v) is 4.60. The number of hydrogen-bond donors (Lipinski definition) is 2. The molecule has 1 aliphatic rings. The molecule has 8 heteroatoms. The van der Waals surface area contributed by atoms with Gasteiger partial charge in [0.15, 0.2) is 0 Å². The summed E-state index contributed by atoms with van der Waals surface area (Å²) in [6, 6.07) is 13.0. The summed E-state index contributed by atoms with van der Waals surface area (Å²) in [5.41, 5.74) is -0.220. The monoisotopic (exact) mass is 387 g/mol. The van der Waals surface area contributed by atoms with E-state index in [-0.39, 0.29) is 0 Å². The molecule has 140 valence electrons. The van der Waals surface area contributed by atoms with Crippen LogP contribution in [0.4, 0.5) is 10.5 Å². The molecule has 0 unspecified atom stereocenters. The Hall–Kier alpha value is -3.06. The van der Waals surface area contributed by atoms with Crippen LogP contribution in [0.15, 0.2) is 48.5 Å². The predicted octanol–water partition coefficient (Wildman–Crippen LogP) is 2.75. The maximum Gasteiger partial charge on any atom is 0.325 e. The van der Waals surface area contributed by atoms with Gasteiger partial charge in [0, 0.05) is 5.02 Å². The van der Waals surface area contributed by atoms with Gasteiger partial charge in [-0.15, -0.1) is 0 Å². The molecule has 2 aromatic rings. The maximum absolute atomic E-state index is 12.8. The number of rotatable bonds is 5. The molecule has 0 aromatic heterocycles. The van der Waals surface area contributed by atoms with Crippen molar-refractivity contribution >= 4 is 35.1 Å². The molecule has 1 saturated heterocycles. The molecule has 4 amide bonds. The molecule has 0 bridgehead atoms. The van der Waals surface area contributed by atoms with E-state index in [1.54, 1.807) is 43.3 Å². The lowest BCUT2D eigenvalue weighted by atomic mass is 9.92. The molecule has 0 spiro atoms. The summed E-state index contributed by atoms with van der Waals surface area (Å²) in [5.74, 6) is -0.623. The average molecular weight is 388 g/mol. The minimum Gasteiger partial charge on any atom is -0.495 e. The van der Waals surface area contributed by atoms with Crippen LogP contribution in [0.2, 0.25) is 5.02 Å². The fourth-order valence-electron chi connectivity index (χ4n) is 2.92. The molecular formula is C19H18ClN3O4. The Bertz CT molecular complexity index is 903. The number of ether oxygens (including phenoxy) is 1. The fourth-order valence-corrected chi connectivity index (χ4v) is 3.09. The van der Waals surface area contributed by atoms with E-state index in [9.17, 15) is 14.4 Å². The predicted molar refractivity (Wildman–Crippen MR) is 101 cm³/mol. The first-order valence-electron chi connectivity index (χ1n) is 8.18. The number of nitrogens with one attached hydrogen (secondary N) is 2. The Morgan fingerprint density at radius 3 is 2.59 bits per heavy atom. The van der Waals surface area contributed by atoms with Crippen molar-refractivity contribution in [1.82, 2.24) is 10.2 Å². The van der Waals surface area contributed by atoms with Crippen LogP contribution >= 0.6 is 11.6 Å². The molecule has 0 aliphatic carbocycles. The standard InChI is InChI=1S/C19H18ClN3O4/c1-19(12-6-4-3-5-7-12)17(25)23(18(26)22-19)11-16(24)21-14-10-13(20)8-9-15(14)27-2/h3-10H,11H2,1-2H3,(H,21,24)(H,22,26)/t19-/m0/s1. The van der Waals surface area contributed by atoms with Gasteiger partial charge in [0.1, 0.15) is 17.8 Å². The van der Waals surface area contributed by atoms with E-state index in [1.165, 1.54) is 13.2 Å². The lowest BCUT2D eigenvalue weighted by molar-refractivity contribution is -0.133. The number of carbonyl (C=O) groups is 3. The van der Waals surface area contributed by atoms with Gasteiger partial charge < -0.3 is 15.4 Å². The van der Waals surface area contributed by atoms with E-state index >= 15 is 0 Å². The van der Waals surface area contributed by atoms with Crippen LogP contribution < -0.4 is 15.4 Å². The van der Waals surface area contributed by atoms with Gasteiger partial charge in [0.05, 0.1) is 12.8 Å². The highest BCUT2D eigenvalue weighted by Gasteiger charge is 2.49. The van der Waals surface area contributed by atoms with Crippen LogP contribution in [0.25, 0.3) is 0 Å². The molecule has 2 N–H and O–H groups in total. The van der Waals surface area contributed by atoms with Gasteiger partial charge in [-0.2, -0.15) is 0 Å². The number of carbonyl (C=O) groups excluding carboxylic acids is 3. The zero-order chi connectivity index (χ0) is 19.6. The van der Waals surface area contributed by atoms with E-state index < -0.39 is 29.9 Å². The van der Waals surface area contributed by atoms with Crippen LogP contribution in [0, 0.1) is 0 Å². The number of imide groups is 1. The van der Waals surface area contributed by atoms with Crippen LogP contribution in [0.5, 0.6) is 5.75 Å². The van der Waals surface area contributed by atoms with E-state index in [0.717, 1.165) is 4.90 Å². The second kappa shape index (κ2) is 7.28. The van der Waals surface area contributed by atoms with Crippen molar-refractivity contribution in [3.05, 3.63) is 59.1 Å². The molecule has 27 heavy (non-hydrogen) atoms. The van der Waals surface area contributed by atoms with Crippen LogP contribution in [-0.2, 0) is 15.1 Å². The zero-order valence-corrected chi connectivity index (χ0v) is 15.5. The molecule has 1 aliphatic heterocycles. The second-order valence-electron chi connectivity index (χ2n) is 6.21. The number of urea groups is 1. The molecule has 7 nitrogen and oxygen atoms in total. The number of halogens is 1. The molecule has 1 fully saturated rings. The van der Waals surface area contributed by atoms with E-state index in [1.807, 2.05) is 6.07 Å². The van der Waals surface area contributed by atoms with Gasteiger partial charge in [0.2, 0.25) is 5.91 Å². The summed E-state index contributed by atoms with van der Waals surface area (Å²) >= 11 is 5.94. The molecule has 1 heterocycles. The van der Waals surface area contributed by atoms with Crippen LogP contribution in [0.3, 0.4) is 0 Å². The summed E-state index contributed by atoms with van der Waals surface area (Å²) in [6.07, 6.45) is 0. The zero-order valence-electron chi connectivity index (χ0n) is 14.8. The molecule has 0 radical (unpaired) electrons. The van der Waals surface area contributed by atoms with E-state index in [0.29, 0.717) is 22.0 Å². The molecule has 1 atom stereocenters. The van der Waals surface area contributed by atoms with Gasteiger partial charge in [-0.3, -0.25) is 14.5 Å². The Balaban J connectivity index is 1.76. The number of benzene rings is 2. The normalized spacial score (nSPS) is 19.0. The van der Waals surface area contributed by atoms with Crippen molar-refractivity contribution in [3.8, 4) is 5.75 Å². The average Bonchev–Trinajstić information content (AvgIpc) is 2.87. The summed E-state index contributed by atoms with van der Waals surface area (Å²) in [4.78, 5) is 38.4.